The number of hydrogen-bond acceptors (Lipinski definition) is 5. The van der Waals surface area contributed by atoms with Gasteiger partial charge in [0.1, 0.15) is 10.5 Å². The molecule has 2 aromatic heterocycles. The zero-order chi connectivity index (χ0) is 19.6. The van der Waals surface area contributed by atoms with Crippen LogP contribution in [0.5, 0.6) is 0 Å². The van der Waals surface area contributed by atoms with Crippen LogP contribution in [0.25, 0.3) is 10.2 Å². The van der Waals surface area contributed by atoms with Crippen LogP contribution in [0.2, 0.25) is 5.02 Å². The summed E-state index contributed by atoms with van der Waals surface area (Å²) in [7, 11) is 0. The van der Waals surface area contributed by atoms with Crippen LogP contribution in [0.4, 0.5) is 10.1 Å². The van der Waals surface area contributed by atoms with Gasteiger partial charge in [0.25, 0.3) is 5.56 Å². The molecule has 0 aliphatic heterocycles. The van der Waals surface area contributed by atoms with E-state index in [4.69, 9.17) is 11.6 Å². The second kappa shape index (κ2) is 8.41. The zero-order valence-corrected chi connectivity index (χ0v) is 17.1. The maximum absolute atomic E-state index is 13.2. The lowest BCUT2D eigenvalue weighted by Crippen LogP contribution is -2.25. The number of amides is 1. The highest BCUT2D eigenvalue weighted by atomic mass is 35.5. The number of benzene rings is 1. The van der Waals surface area contributed by atoms with Crippen molar-refractivity contribution in [3.8, 4) is 0 Å². The minimum absolute atomic E-state index is 0.0594. The summed E-state index contributed by atoms with van der Waals surface area (Å²) in [5.74, 6) is -0.514. The minimum Gasteiger partial charge on any atom is -0.325 e. The lowest BCUT2D eigenvalue weighted by atomic mass is 10.2. The molecule has 2 heterocycles. The first kappa shape index (κ1) is 19.9. The van der Waals surface area contributed by atoms with Crippen molar-refractivity contribution in [3.05, 3.63) is 50.8 Å². The average Bonchev–Trinajstić information content (AvgIpc) is 3.07. The highest BCUT2D eigenvalue weighted by molar-refractivity contribution is 7.99. The summed E-state index contributed by atoms with van der Waals surface area (Å²) < 4.78 is 15.4. The van der Waals surface area contributed by atoms with Gasteiger partial charge in [0.05, 0.1) is 16.3 Å². The summed E-state index contributed by atoms with van der Waals surface area (Å²) in [5, 5.41) is 4.94. The summed E-state index contributed by atoms with van der Waals surface area (Å²) in [4.78, 5) is 29.5. The predicted molar refractivity (Wildman–Crippen MR) is 109 cm³/mol. The Morgan fingerprint density at radius 3 is 2.89 bits per heavy atom. The van der Waals surface area contributed by atoms with Crippen LogP contribution in [0.3, 0.4) is 0 Å². The van der Waals surface area contributed by atoms with E-state index in [-0.39, 0.29) is 28.2 Å². The fourth-order valence-electron chi connectivity index (χ4n) is 2.46. The molecule has 1 N–H and O–H groups in total. The molecule has 3 aromatic rings. The number of aromatic nitrogens is 2. The Labute approximate surface area is 168 Å². The zero-order valence-electron chi connectivity index (χ0n) is 14.7. The van der Waals surface area contributed by atoms with Crippen molar-refractivity contribution in [3.63, 3.8) is 0 Å². The number of hydrogen-bond donors (Lipinski definition) is 1. The van der Waals surface area contributed by atoms with Gasteiger partial charge >= 0.3 is 0 Å². The Morgan fingerprint density at radius 1 is 1.41 bits per heavy atom. The summed E-state index contributed by atoms with van der Waals surface area (Å²) in [6, 6.07) is 5.78. The van der Waals surface area contributed by atoms with E-state index in [1.54, 1.807) is 10.6 Å². The largest absolute Gasteiger partial charge is 0.325 e. The van der Waals surface area contributed by atoms with Gasteiger partial charge in [0, 0.05) is 12.2 Å². The van der Waals surface area contributed by atoms with Crippen LogP contribution in [0.15, 0.2) is 39.6 Å². The quantitative estimate of drug-likeness (QED) is 0.461. The smallest absolute Gasteiger partial charge is 0.272 e. The molecule has 0 bridgehead atoms. The first-order valence-electron chi connectivity index (χ1n) is 8.21. The van der Waals surface area contributed by atoms with Crippen molar-refractivity contribution in [2.45, 2.75) is 25.5 Å². The number of halogens is 2. The van der Waals surface area contributed by atoms with Crippen LogP contribution >= 0.6 is 34.7 Å². The Kier molecular flexibility index (Phi) is 6.18. The van der Waals surface area contributed by atoms with Gasteiger partial charge in [-0.05, 0) is 35.6 Å². The molecule has 0 fully saturated rings. The molecule has 0 saturated heterocycles. The van der Waals surface area contributed by atoms with E-state index >= 15 is 0 Å². The lowest BCUT2D eigenvalue weighted by molar-refractivity contribution is -0.113. The van der Waals surface area contributed by atoms with Gasteiger partial charge in [-0.25, -0.2) is 9.37 Å². The van der Waals surface area contributed by atoms with E-state index in [1.807, 2.05) is 19.2 Å². The number of anilines is 1. The molecule has 0 saturated carbocycles. The fraction of sp³-hybridized carbons (Fsp3) is 0.278. The number of nitrogens with one attached hydrogen (secondary N) is 1. The molecule has 0 spiro atoms. The third-order valence-electron chi connectivity index (χ3n) is 3.61. The van der Waals surface area contributed by atoms with Gasteiger partial charge in [0.15, 0.2) is 5.16 Å². The van der Waals surface area contributed by atoms with Crippen LogP contribution in [-0.4, -0.2) is 21.2 Å². The molecule has 0 aliphatic rings. The molecule has 9 heteroatoms. The number of nitrogens with zero attached hydrogens (tertiary/aromatic N) is 2. The van der Waals surface area contributed by atoms with Crippen molar-refractivity contribution < 1.29 is 9.18 Å². The molecule has 1 aromatic carbocycles. The van der Waals surface area contributed by atoms with E-state index in [9.17, 15) is 14.0 Å². The van der Waals surface area contributed by atoms with Gasteiger partial charge in [-0.15, -0.1) is 11.3 Å². The molecule has 0 unspecified atom stereocenters. The van der Waals surface area contributed by atoms with Crippen LogP contribution in [0.1, 0.15) is 13.8 Å². The second-order valence-electron chi connectivity index (χ2n) is 6.30. The van der Waals surface area contributed by atoms with Gasteiger partial charge in [0.2, 0.25) is 5.91 Å². The van der Waals surface area contributed by atoms with E-state index < -0.39 is 5.82 Å². The summed E-state index contributed by atoms with van der Waals surface area (Å²) in [6.07, 6.45) is 0. The Bertz CT molecular complexity index is 1050. The lowest BCUT2D eigenvalue weighted by Gasteiger charge is -2.14. The van der Waals surface area contributed by atoms with Gasteiger partial charge in [-0.3, -0.25) is 14.2 Å². The molecular weight excluding hydrogens is 409 g/mol. The first-order valence-corrected chi connectivity index (χ1v) is 10.4. The molecule has 3 rings (SSSR count). The summed E-state index contributed by atoms with van der Waals surface area (Å²) in [5.41, 5.74) is 0.961. The highest BCUT2D eigenvalue weighted by Gasteiger charge is 2.15. The molecule has 0 radical (unpaired) electrons. The third kappa shape index (κ3) is 4.69. The number of fused-ring (bicyclic) bond motifs is 1. The van der Waals surface area contributed by atoms with Crippen LogP contribution in [0, 0.1) is 11.7 Å². The Hall–Kier alpha value is -1.90. The highest BCUT2D eigenvalue weighted by Crippen LogP contribution is 2.23. The molecule has 142 valence electrons. The summed E-state index contributed by atoms with van der Waals surface area (Å²) >= 11 is 8.28. The van der Waals surface area contributed by atoms with Crippen molar-refractivity contribution in [2.24, 2.45) is 5.92 Å². The molecule has 5 nitrogen and oxygen atoms in total. The van der Waals surface area contributed by atoms with Crippen molar-refractivity contribution in [1.29, 1.82) is 0 Å². The predicted octanol–water partition coefficient (Wildman–Crippen LogP) is 4.64. The number of thiophene rings is 1. The maximum atomic E-state index is 13.2. The molecule has 27 heavy (non-hydrogen) atoms. The van der Waals surface area contributed by atoms with Crippen molar-refractivity contribution in [1.82, 2.24) is 9.55 Å². The Morgan fingerprint density at radius 2 is 2.19 bits per heavy atom. The SMILES string of the molecule is CC(C)Cn1c(SCC(=O)Nc2ccc(F)c(Cl)c2)nc2ccsc2c1=O. The van der Waals surface area contributed by atoms with E-state index in [1.165, 1.54) is 41.3 Å². The topological polar surface area (TPSA) is 64.0 Å². The van der Waals surface area contributed by atoms with Crippen molar-refractivity contribution in [2.75, 3.05) is 11.1 Å². The fourth-order valence-corrected chi connectivity index (χ4v) is 4.23. The van der Waals surface area contributed by atoms with Gasteiger partial charge in [-0.2, -0.15) is 0 Å². The summed E-state index contributed by atoms with van der Waals surface area (Å²) in [6.45, 7) is 4.56. The van der Waals surface area contributed by atoms with E-state index in [2.05, 4.69) is 10.3 Å². The number of carbonyl (C=O) groups excluding carboxylic acids is 1. The first-order chi connectivity index (χ1) is 12.8. The molecule has 0 aliphatic carbocycles. The maximum Gasteiger partial charge on any atom is 0.272 e. The monoisotopic (exact) mass is 425 g/mol. The number of carbonyl (C=O) groups is 1. The molecular formula is C18H17ClFN3O2S2. The Balaban J connectivity index is 1.78. The number of thioether (sulfide) groups is 1. The van der Waals surface area contributed by atoms with E-state index in [0.717, 1.165) is 0 Å². The normalized spacial score (nSPS) is 11.3. The standard InChI is InChI=1S/C18H17ClFN3O2S2/c1-10(2)8-23-17(25)16-14(5-6-26-16)22-18(23)27-9-15(24)21-11-3-4-13(20)12(19)7-11/h3-7,10H,8-9H2,1-2H3,(H,21,24). The van der Waals surface area contributed by atoms with Crippen LogP contribution in [-0.2, 0) is 11.3 Å². The molecule has 0 atom stereocenters. The van der Waals surface area contributed by atoms with Gasteiger partial charge in [-0.1, -0.05) is 37.2 Å². The van der Waals surface area contributed by atoms with Crippen LogP contribution < -0.4 is 10.9 Å². The van der Waals surface area contributed by atoms with Crippen molar-refractivity contribution >= 4 is 56.5 Å². The van der Waals surface area contributed by atoms with Gasteiger partial charge < -0.3 is 5.32 Å². The number of rotatable bonds is 6. The van der Waals surface area contributed by atoms with E-state index in [0.29, 0.717) is 27.6 Å². The minimum atomic E-state index is -0.546. The third-order valence-corrected chi connectivity index (χ3v) is 5.77. The average molecular weight is 426 g/mol. The second-order valence-corrected chi connectivity index (χ2v) is 8.57. The molecule has 1 amide bonds.